The highest BCUT2D eigenvalue weighted by Crippen LogP contribution is 2.38. The fourth-order valence-corrected chi connectivity index (χ4v) is 3.10. The Morgan fingerprint density at radius 3 is 2.62 bits per heavy atom. The topological polar surface area (TPSA) is 81.8 Å². The van der Waals surface area contributed by atoms with Crippen LogP contribution in [-0.4, -0.2) is 20.1 Å². The van der Waals surface area contributed by atoms with Gasteiger partial charge in [0.05, 0.1) is 17.2 Å². The van der Waals surface area contributed by atoms with Crippen LogP contribution in [0, 0.1) is 0 Å². The second kappa shape index (κ2) is 5.54. The molecule has 0 aliphatic rings. The smallest absolute Gasteiger partial charge is 0.323 e. The van der Waals surface area contributed by atoms with Crippen molar-refractivity contribution in [1.82, 2.24) is 15.0 Å². The fourth-order valence-electron chi connectivity index (χ4n) is 2.82. The van der Waals surface area contributed by atoms with Gasteiger partial charge in [0.2, 0.25) is 0 Å². The van der Waals surface area contributed by atoms with Crippen molar-refractivity contribution < 1.29 is 5.11 Å². The van der Waals surface area contributed by atoms with Crippen LogP contribution >= 0.6 is 11.6 Å². The lowest BCUT2D eigenvalue weighted by Gasteiger charge is -2.12. The number of hydrogen-bond acceptors (Lipinski definition) is 3. The number of halogens is 1. The number of nitrogens with one attached hydrogen (secondary N) is 2. The van der Waals surface area contributed by atoms with Crippen molar-refractivity contribution in [2.45, 2.75) is 0 Å². The van der Waals surface area contributed by atoms with E-state index in [9.17, 15) is 9.90 Å². The second-order valence-electron chi connectivity index (χ2n) is 5.43. The van der Waals surface area contributed by atoms with E-state index in [0.717, 1.165) is 27.8 Å². The average molecular weight is 338 g/mol. The van der Waals surface area contributed by atoms with E-state index in [1.54, 1.807) is 18.3 Å². The van der Waals surface area contributed by atoms with Crippen LogP contribution in [0.5, 0.6) is 5.75 Å². The van der Waals surface area contributed by atoms with E-state index in [4.69, 9.17) is 11.6 Å². The summed E-state index contributed by atoms with van der Waals surface area (Å²) in [6.07, 6.45) is 3.05. The molecule has 0 bridgehead atoms. The number of H-pyrrole nitrogens is 2. The lowest BCUT2D eigenvalue weighted by Crippen LogP contribution is -1.99. The third-order valence-electron chi connectivity index (χ3n) is 3.85. The maximum absolute atomic E-state index is 11.5. The lowest BCUT2D eigenvalue weighted by molar-refractivity contribution is 0.473. The van der Waals surface area contributed by atoms with E-state index in [0.29, 0.717) is 10.5 Å². The molecule has 0 amide bonds. The van der Waals surface area contributed by atoms with Gasteiger partial charge in [0, 0.05) is 22.3 Å². The normalized spacial score (nSPS) is 11.0. The molecule has 6 heteroatoms. The van der Waals surface area contributed by atoms with Gasteiger partial charge in [-0.1, -0.05) is 29.8 Å². The van der Waals surface area contributed by atoms with Gasteiger partial charge in [0.1, 0.15) is 5.75 Å². The molecule has 0 aliphatic carbocycles. The van der Waals surface area contributed by atoms with Gasteiger partial charge in [0.15, 0.2) is 0 Å². The molecule has 0 atom stereocenters. The molecule has 4 rings (SSSR count). The van der Waals surface area contributed by atoms with Gasteiger partial charge < -0.3 is 15.1 Å². The van der Waals surface area contributed by atoms with E-state index in [2.05, 4.69) is 15.0 Å². The molecular formula is C18H12ClN3O2. The average Bonchev–Trinajstić information content (AvgIpc) is 2.93. The van der Waals surface area contributed by atoms with Crippen LogP contribution in [0.3, 0.4) is 0 Å². The predicted molar refractivity (Wildman–Crippen MR) is 94.3 cm³/mol. The van der Waals surface area contributed by atoms with Crippen LogP contribution in [0.15, 0.2) is 59.7 Å². The van der Waals surface area contributed by atoms with Crippen LogP contribution in [0.1, 0.15) is 0 Å². The highest BCUT2D eigenvalue weighted by atomic mass is 35.5. The third kappa shape index (κ3) is 2.45. The summed E-state index contributed by atoms with van der Waals surface area (Å²) in [5, 5.41) is 10.3. The molecule has 0 unspecified atom stereocenters. The van der Waals surface area contributed by atoms with Crippen molar-refractivity contribution >= 4 is 22.6 Å². The summed E-state index contributed by atoms with van der Waals surface area (Å²) in [6, 6.07) is 12.8. The molecule has 4 aromatic rings. The Morgan fingerprint density at radius 2 is 1.79 bits per heavy atom. The first-order valence-electron chi connectivity index (χ1n) is 7.27. The molecule has 0 saturated carbocycles. The molecule has 0 radical (unpaired) electrons. The number of aromatic nitrogens is 3. The number of nitrogens with zero attached hydrogens (tertiary/aromatic N) is 1. The van der Waals surface area contributed by atoms with Crippen molar-refractivity contribution in [3.8, 4) is 28.0 Å². The first-order valence-corrected chi connectivity index (χ1v) is 7.65. The zero-order valence-corrected chi connectivity index (χ0v) is 13.1. The minimum absolute atomic E-state index is 0.0869. The SMILES string of the molecule is O=c1[nH]c2ccc(-c3c(Cl)cccc3-c3cncc(O)c3)cc2[nH]1. The van der Waals surface area contributed by atoms with Gasteiger partial charge in [-0.05, 0) is 35.4 Å². The van der Waals surface area contributed by atoms with Gasteiger partial charge >= 0.3 is 5.69 Å². The lowest BCUT2D eigenvalue weighted by atomic mass is 9.95. The quantitative estimate of drug-likeness (QED) is 0.518. The van der Waals surface area contributed by atoms with E-state index in [1.807, 2.05) is 30.3 Å². The molecular weight excluding hydrogens is 326 g/mol. The van der Waals surface area contributed by atoms with Crippen molar-refractivity contribution in [3.63, 3.8) is 0 Å². The number of hydrogen-bond donors (Lipinski definition) is 3. The largest absolute Gasteiger partial charge is 0.506 e. The molecule has 118 valence electrons. The number of pyridine rings is 1. The summed E-state index contributed by atoms with van der Waals surface area (Å²) in [6.45, 7) is 0. The Morgan fingerprint density at radius 1 is 0.958 bits per heavy atom. The number of aromatic hydroxyl groups is 1. The standard InChI is InChI=1S/C18H12ClN3O2/c19-14-3-1-2-13(11-6-12(23)9-20-8-11)17(14)10-4-5-15-16(7-10)22-18(24)21-15/h1-9,23H,(H2,21,22,24). The van der Waals surface area contributed by atoms with Crippen molar-refractivity contribution in [3.05, 3.63) is 70.4 Å². The zero-order chi connectivity index (χ0) is 16.7. The van der Waals surface area contributed by atoms with Crippen molar-refractivity contribution in [1.29, 1.82) is 0 Å². The van der Waals surface area contributed by atoms with Gasteiger partial charge in [-0.3, -0.25) is 4.98 Å². The van der Waals surface area contributed by atoms with Crippen LogP contribution in [-0.2, 0) is 0 Å². The molecule has 0 spiro atoms. The van der Waals surface area contributed by atoms with E-state index >= 15 is 0 Å². The molecule has 3 N–H and O–H groups in total. The first kappa shape index (κ1) is 14.5. The Labute approximate surface area is 141 Å². The molecule has 2 aromatic carbocycles. The van der Waals surface area contributed by atoms with Gasteiger partial charge in [0.25, 0.3) is 0 Å². The minimum atomic E-state index is -0.251. The Hall–Kier alpha value is -3.05. The summed E-state index contributed by atoms with van der Waals surface area (Å²) in [4.78, 5) is 21.0. The highest BCUT2D eigenvalue weighted by molar-refractivity contribution is 6.34. The molecule has 0 saturated heterocycles. The second-order valence-corrected chi connectivity index (χ2v) is 5.84. The predicted octanol–water partition coefficient (Wildman–Crippen LogP) is 3.94. The Bertz CT molecular complexity index is 1110. The number of benzene rings is 2. The maximum atomic E-state index is 11.5. The molecule has 2 aromatic heterocycles. The third-order valence-corrected chi connectivity index (χ3v) is 4.17. The zero-order valence-electron chi connectivity index (χ0n) is 12.4. The molecule has 0 fully saturated rings. The summed E-state index contributed by atoms with van der Waals surface area (Å²) in [5.74, 6) is 0.0869. The van der Waals surface area contributed by atoms with Crippen molar-refractivity contribution in [2.24, 2.45) is 0 Å². The van der Waals surface area contributed by atoms with E-state index < -0.39 is 0 Å². The Balaban J connectivity index is 1.98. The van der Waals surface area contributed by atoms with Crippen molar-refractivity contribution in [2.75, 3.05) is 0 Å². The number of imidazole rings is 1. The highest BCUT2D eigenvalue weighted by Gasteiger charge is 2.13. The Kier molecular flexibility index (Phi) is 3.36. The van der Waals surface area contributed by atoms with Crippen LogP contribution in [0.25, 0.3) is 33.3 Å². The molecule has 2 heterocycles. The summed E-state index contributed by atoms with van der Waals surface area (Å²) < 4.78 is 0. The van der Waals surface area contributed by atoms with Gasteiger partial charge in [-0.25, -0.2) is 4.79 Å². The van der Waals surface area contributed by atoms with Crippen LogP contribution < -0.4 is 5.69 Å². The van der Waals surface area contributed by atoms with Crippen LogP contribution in [0.2, 0.25) is 5.02 Å². The van der Waals surface area contributed by atoms with E-state index in [1.165, 1.54) is 6.20 Å². The monoisotopic (exact) mass is 337 g/mol. The van der Waals surface area contributed by atoms with Crippen LogP contribution in [0.4, 0.5) is 0 Å². The van der Waals surface area contributed by atoms with E-state index in [-0.39, 0.29) is 11.4 Å². The molecule has 5 nitrogen and oxygen atoms in total. The first-order chi connectivity index (χ1) is 11.6. The number of fused-ring (bicyclic) bond motifs is 1. The maximum Gasteiger partial charge on any atom is 0.323 e. The summed E-state index contributed by atoms with van der Waals surface area (Å²) in [7, 11) is 0. The fraction of sp³-hybridized carbons (Fsp3) is 0. The number of aromatic amines is 2. The minimum Gasteiger partial charge on any atom is -0.506 e. The van der Waals surface area contributed by atoms with Gasteiger partial charge in [-0.15, -0.1) is 0 Å². The number of rotatable bonds is 2. The summed E-state index contributed by atoms with van der Waals surface area (Å²) in [5.41, 5.74) is 4.47. The molecule has 0 aliphatic heterocycles. The summed E-state index contributed by atoms with van der Waals surface area (Å²) >= 11 is 6.45. The van der Waals surface area contributed by atoms with Gasteiger partial charge in [-0.2, -0.15) is 0 Å². The molecule has 24 heavy (non-hydrogen) atoms.